The van der Waals surface area contributed by atoms with Gasteiger partial charge in [0.25, 0.3) is 0 Å². The number of nitrogens with one attached hydrogen (secondary N) is 1. The minimum Gasteiger partial charge on any atom is -0.508 e. The summed E-state index contributed by atoms with van der Waals surface area (Å²) in [7, 11) is 0. The van der Waals surface area contributed by atoms with E-state index in [2.05, 4.69) is 5.32 Å². The maximum absolute atomic E-state index is 9.18. The van der Waals surface area contributed by atoms with Crippen LogP contribution in [0.5, 0.6) is 5.75 Å². The summed E-state index contributed by atoms with van der Waals surface area (Å²) in [6.07, 6.45) is 4.88. The summed E-state index contributed by atoms with van der Waals surface area (Å²) in [5.41, 5.74) is 1.21. The lowest BCUT2D eigenvalue weighted by molar-refractivity contribution is 0.346. The van der Waals surface area contributed by atoms with Crippen molar-refractivity contribution in [3.8, 4) is 5.75 Å². The Morgan fingerprint density at radius 3 is 2.71 bits per heavy atom. The third-order valence-electron chi connectivity index (χ3n) is 3.42. The largest absolute Gasteiger partial charge is 0.508 e. The Morgan fingerprint density at radius 1 is 1.24 bits per heavy atom. The fourth-order valence-corrected chi connectivity index (χ4v) is 2.85. The van der Waals surface area contributed by atoms with E-state index in [1.165, 1.54) is 24.8 Å². The van der Waals surface area contributed by atoms with Crippen molar-refractivity contribution >= 4 is 11.6 Å². The van der Waals surface area contributed by atoms with Crippen LogP contribution in [0.2, 0.25) is 0 Å². The van der Waals surface area contributed by atoms with Crippen LogP contribution in [-0.4, -0.2) is 17.0 Å². The Hall–Kier alpha value is -0.730. The van der Waals surface area contributed by atoms with Gasteiger partial charge >= 0.3 is 0 Å². The van der Waals surface area contributed by atoms with E-state index in [0.717, 1.165) is 25.4 Å². The first-order valence-electron chi connectivity index (χ1n) is 6.37. The van der Waals surface area contributed by atoms with Crippen molar-refractivity contribution in [1.29, 1.82) is 0 Å². The molecule has 0 bridgehead atoms. The molecule has 94 valence electrons. The maximum Gasteiger partial charge on any atom is 0.115 e. The third kappa shape index (κ3) is 4.21. The summed E-state index contributed by atoms with van der Waals surface area (Å²) < 4.78 is 0. The number of alkyl halides is 1. The Morgan fingerprint density at radius 2 is 2.00 bits per heavy atom. The number of hydrogen-bond donors (Lipinski definition) is 2. The zero-order valence-electron chi connectivity index (χ0n) is 10.0. The molecule has 2 unspecified atom stereocenters. The van der Waals surface area contributed by atoms with E-state index in [1.807, 2.05) is 12.1 Å². The molecule has 1 aliphatic carbocycles. The average molecular weight is 254 g/mol. The van der Waals surface area contributed by atoms with Gasteiger partial charge in [0.15, 0.2) is 0 Å². The van der Waals surface area contributed by atoms with Crippen molar-refractivity contribution in [1.82, 2.24) is 5.32 Å². The number of phenols is 1. The van der Waals surface area contributed by atoms with E-state index in [1.54, 1.807) is 12.1 Å². The molecule has 1 fully saturated rings. The van der Waals surface area contributed by atoms with Crippen LogP contribution >= 0.6 is 11.6 Å². The molecule has 0 saturated heterocycles. The van der Waals surface area contributed by atoms with E-state index in [-0.39, 0.29) is 0 Å². The first-order chi connectivity index (χ1) is 8.24. The van der Waals surface area contributed by atoms with Crippen LogP contribution in [0.4, 0.5) is 0 Å². The monoisotopic (exact) mass is 253 g/mol. The molecule has 0 amide bonds. The highest BCUT2D eigenvalue weighted by Crippen LogP contribution is 2.27. The van der Waals surface area contributed by atoms with Crippen molar-refractivity contribution < 1.29 is 5.11 Å². The van der Waals surface area contributed by atoms with Crippen LogP contribution in [0, 0.1) is 5.92 Å². The fraction of sp³-hybridized carbons (Fsp3) is 0.571. The Kier molecular flexibility index (Phi) is 4.69. The molecule has 1 aromatic carbocycles. The van der Waals surface area contributed by atoms with Gasteiger partial charge in [-0.15, -0.1) is 11.6 Å². The Labute approximate surface area is 108 Å². The van der Waals surface area contributed by atoms with Gasteiger partial charge in [-0.2, -0.15) is 0 Å². The van der Waals surface area contributed by atoms with Crippen LogP contribution in [0.15, 0.2) is 24.3 Å². The summed E-state index contributed by atoms with van der Waals surface area (Å²) in [6, 6.07) is 7.36. The molecule has 0 aliphatic heterocycles. The highest BCUT2D eigenvalue weighted by molar-refractivity contribution is 6.20. The minimum absolute atomic E-state index is 0.325. The molecule has 1 aliphatic rings. The SMILES string of the molecule is Oc1ccc(CNCC2CCCC(Cl)C2)cc1. The molecule has 0 aromatic heterocycles. The molecule has 3 heteroatoms. The summed E-state index contributed by atoms with van der Waals surface area (Å²) in [4.78, 5) is 0. The number of aromatic hydroxyl groups is 1. The smallest absolute Gasteiger partial charge is 0.115 e. The number of halogens is 1. The molecular weight excluding hydrogens is 234 g/mol. The fourth-order valence-electron chi connectivity index (χ4n) is 2.45. The molecule has 1 aromatic rings. The van der Waals surface area contributed by atoms with Gasteiger partial charge in [0.2, 0.25) is 0 Å². The quantitative estimate of drug-likeness (QED) is 0.808. The highest BCUT2D eigenvalue weighted by atomic mass is 35.5. The van der Waals surface area contributed by atoms with Gasteiger partial charge in [-0.3, -0.25) is 0 Å². The van der Waals surface area contributed by atoms with Crippen LogP contribution in [-0.2, 0) is 6.54 Å². The number of hydrogen-bond acceptors (Lipinski definition) is 2. The Bertz CT molecular complexity index is 339. The molecule has 0 radical (unpaired) electrons. The standard InChI is InChI=1S/C14H20ClNO/c15-13-3-1-2-12(8-13)10-16-9-11-4-6-14(17)7-5-11/h4-7,12-13,16-17H,1-3,8-10H2. The van der Waals surface area contributed by atoms with E-state index in [0.29, 0.717) is 11.1 Å². The summed E-state index contributed by atoms with van der Waals surface area (Å²) in [6.45, 7) is 1.91. The minimum atomic E-state index is 0.325. The summed E-state index contributed by atoms with van der Waals surface area (Å²) in [5, 5.41) is 13.0. The molecule has 2 atom stereocenters. The van der Waals surface area contributed by atoms with Gasteiger partial charge in [-0.25, -0.2) is 0 Å². The molecule has 0 spiro atoms. The second-order valence-corrected chi connectivity index (χ2v) is 5.54. The molecule has 17 heavy (non-hydrogen) atoms. The molecule has 0 heterocycles. The molecular formula is C14H20ClNO. The van der Waals surface area contributed by atoms with Gasteiger partial charge in [-0.1, -0.05) is 18.6 Å². The number of rotatable bonds is 4. The molecule has 2 N–H and O–H groups in total. The van der Waals surface area contributed by atoms with Gasteiger partial charge in [0, 0.05) is 11.9 Å². The number of phenolic OH excluding ortho intramolecular Hbond substituents is 1. The van der Waals surface area contributed by atoms with Crippen LogP contribution in [0.25, 0.3) is 0 Å². The second kappa shape index (κ2) is 6.27. The lowest BCUT2D eigenvalue weighted by atomic mass is 9.89. The normalized spacial score (nSPS) is 24.8. The van der Waals surface area contributed by atoms with Crippen molar-refractivity contribution in [2.75, 3.05) is 6.54 Å². The van der Waals surface area contributed by atoms with Crippen molar-refractivity contribution in [2.24, 2.45) is 5.92 Å². The first kappa shape index (κ1) is 12.7. The van der Waals surface area contributed by atoms with Crippen molar-refractivity contribution in [3.05, 3.63) is 29.8 Å². The molecule has 2 rings (SSSR count). The van der Waals surface area contributed by atoms with E-state index < -0.39 is 0 Å². The zero-order chi connectivity index (χ0) is 12.1. The van der Waals surface area contributed by atoms with Gasteiger partial charge in [-0.05, 0) is 49.4 Å². The van der Waals surface area contributed by atoms with E-state index >= 15 is 0 Å². The van der Waals surface area contributed by atoms with Crippen LogP contribution in [0.3, 0.4) is 0 Å². The summed E-state index contributed by atoms with van der Waals surface area (Å²) in [5.74, 6) is 1.05. The summed E-state index contributed by atoms with van der Waals surface area (Å²) >= 11 is 6.17. The Balaban J connectivity index is 1.70. The average Bonchev–Trinajstić information content (AvgIpc) is 2.32. The first-order valence-corrected chi connectivity index (χ1v) is 6.80. The lowest BCUT2D eigenvalue weighted by Crippen LogP contribution is -2.27. The van der Waals surface area contributed by atoms with Gasteiger partial charge in [0.05, 0.1) is 0 Å². The van der Waals surface area contributed by atoms with Crippen molar-refractivity contribution in [2.45, 2.75) is 37.6 Å². The van der Waals surface area contributed by atoms with Crippen LogP contribution in [0.1, 0.15) is 31.2 Å². The van der Waals surface area contributed by atoms with Crippen LogP contribution < -0.4 is 5.32 Å². The predicted molar refractivity (Wildman–Crippen MR) is 71.4 cm³/mol. The maximum atomic E-state index is 9.18. The number of benzene rings is 1. The van der Waals surface area contributed by atoms with Gasteiger partial charge < -0.3 is 10.4 Å². The predicted octanol–water partition coefficient (Wildman–Crippen LogP) is 3.28. The lowest BCUT2D eigenvalue weighted by Gasteiger charge is -2.25. The third-order valence-corrected chi connectivity index (χ3v) is 3.81. The molecule has 1 saturated carbocycles. The van der Waals surface area contributed by atoms with Crippen molar-refractivity contribution in [3.63, 3.8) is 0 Å². The zero-order valence-corrected chi connectivity index (χ0v) is 10.8. The van der Waals surface area contributed by atoms with E-state index in [4.69, 9.17) is 11.6 Å². The topological polar surface area (TPSA) is 32.3 Å². The molecule has 2 nitrogen and oxygen atoms in total. The van der Waals surface area contributed by atoms with Gasteiger partial charge in [0.1, 0.15) is 5.75 Å². The van der Waals surface area contributed by atoms with E-state index in [9.17, 15) is 5.11 Å². The highest BCUT2D eigenvalue weighted by Gasteiger charge is 2.19. The second-order valence-electron chi connectivity index (χ2n) is 4.93.